The van der Waals surface area contributed by atoms with Gasteiger partial charge in [-0.05, 0) is 50.8 Å². The Balaban J connectivity index is 1.38. The van der Waals surface area contributed by atoms with Crippen molar-refractivity contribution in [3.8, 4) is 0 Å². The predicted octanol–water partition coefficient (Wildman–Crippen LogP) is 2.36. The molecule has 142 valence electrons. The highest BCUT2D eigenvalue weighted by Crippen LogP contribution is 2.29. The fourth-order valence-corrected chi connectivity index (χ4v) is 5.57. The largest absolute Gasteiger partial charge is 0.346 e. The molecule has 4 aliphatic heterocycles. The molecular weight excluding hydrogens is 360 g/mol. The molecule has 2 bridgehead atoms. The Bertz CT molecular complexity index is 881. The molecular formula is C20H24N4O2S. The number of piperidine rings is 3. The summed E-state index contributed by atoms with van der Waals surface area (Å²) in [6.07, 6.45) is 6.20. The van der Waals surface area contributed by atoms with Gasteiger partial charge >= 0.3 is 0 Å². The summed E-state index contributed by atoms with van der Waals surface area (Å²) < 4.78 is 0.955. The van der Waals surface area contributed by atoms with Gasteiger partial charge in [-0.2, -0.15) is 0 Å². The predicted molar refractivity (Wildman–Crippen MR) is 105 cm³/mol. The Morgan fingerprint density at radius 3 is 2.63 bits per heavy atom. The second kappa shape index (κ2) is 6.87. The molecule has 0 aliphatic carbocycles. The van der Waals surface area contributed by atoms with Crippen LogP contribution in [-0.2, 0) is 0 Å². The molecule has 6 heterocycles. The van der Waals surface area contributed by atoms with Gasteiger partial charge in [0.15, 0.2) is 0 Å². The van der Waals surface area contributed by atoms with Crippen molar-refractivity contribution in [2.75, 3.05) is 32.7 Å². The highest BCUT2D eigenvalue weighted by molar-refractivity contribution is 7.17. The maximum absolute atomic E-state index is 12.8. The quantitative estimate of drug-likeness (QED) is 0.882. The molecule has 4 saturated heterocycles. The van der Waals surface area contributed by atoms with Gasteiger partial charge in [-0.1, -0.05) is 0 Å². The minimum atomic E-state index is -0.124. The van der Waals surface area contributed by atoms with Crippen LogP contribution in [-0.4, -0.2) is 65.4 Å². The summed E-state index contributed by atoms with van der Waals surface area (Å²) >= 11 is 1.52. The molecule has 1 unspecified atom stereocenters. The molecule has 6 nitrogen and oxygen atoms in total. The molecule has 0 saturated carbocycles. The highest BCUT2D eigenvalue weighted by Gasteiger charge is 2.35. The molecule has 6 rings (SSSR count). The van der Waals surface area contributed by atoms with Gasteiger partial charge in [0.25, 0.3) is 11.8 Å². The lowest BCUT2D eigenvalue weighted by molar-refractivity contribution is 0.0617. The number of hydrogen-bond acceptors (Lipinski definition) is 5. The number of carbonyl (C=O) groups excluding carboxylic acids is 2. The Morgan fingerprint density at radius 2 is 1.93 bits per heavy atom. The minimum Gasteiger partial charge on any atom is -0.346 e. The van der Waals surface area contributed by atoms with E-state index in [2.05, 4.69) is 15.2 Å². The number of nitrogens with zero attached hydrogens (tertiary/aromatic N) is 3. The lowest BCUT2D eigenvalue weighted by Gasteiger charge is -2.44. The van der Waals surface area contributed by atoms with Crippen LogP contribution in [0.2, 0.25) is 0 Å². The van der Waals surface area contributed by atoms with E-state index >= 15 is 0 Å². The first kappa shape index (κ1) is 17.1. The number of carbonyl (C=O) groups is 2. The van der Waals surface area contributed by atoms with Crippen LogP contribution < -0.4 is 5.32 Å². The van der Waals surface area contributed by atoms with Crippen molar-refractivity contribution < 1.29 is 9.59 Å². The number of aromatic nitrogens is 1. The van der Waals surface area contributed by atoms with E-state index in [1.807, 2.05) is 10.3 Å². The summed E-state index contributed by atoms with van der Waals surface area (Å²) in [5, 5.41) is 5.95. The van der Waals surface area contributed by atoms with Crippen LogP contribution in [0.25, 0.3) is 10.1 Å². The maximum Gasteiger partial charge on any atom is 0.270 e. The van der Waals surface area contributed by atoms with Gasteiger partial charge in [0.05, 0.1) is 10.3 Å². The first-order valence-corrected chi connectivity index (χ1v) is 10.8. The minimum absolute atomic E-state index is 0.0775. The van der Waals surface area contributed by atoms with Crippen LogP contribution >= 0.6 is 11.3 Å². The normalized spacial score (nSPS) is 27.3. The lowest BCUT2D eigenvalue weighted by Crippen LogP contribution is -2.57. The Hall–Kier alpha value is -1.99. The van der Waals surface area contributed by atoms with Crippen molar-refractivity contribution in [1.82, 2.24) is 20.1 Å². The van der Waals surface area contributed by atoms with Crippen LogP contribution in [0.15, 0.2) is 17.6 Å². The third-order valence-electron chi connectivity index (χ3n) is 6.29. The topological polar surface area (TPSA) is 65.5 Å². The van der Waals surface area contributed by atoms with Crippen LogP contribution in [0.1, 0.15) is 46.5 Å². The third-order valence-corrected chi connectivity index (χ3v) is 7.22. The fourth-order valence-electron chi connectivity index (χ4n) is 4.68. The van der Waals surface area contributed by atoms with Crippen molar-refractivity contribution in [2.24, 2.45) is 5.92 Å². The standard InChI is InChI=1S/C20H24N4O2S/c25-19(22-17-11-23-7-3-13(17)4-8-23)16-9-14-15(12-27-18(14)10-21-16)20(26)24-5-1-2-6-24/h9-10,12-13,17H,1-8,11H2,(H,22,25). The zero-order valence-electron chi connectivity index (χ0n) is 15.3. The summed E-state index contributed by atoms with van der Waals surface area (Å²) in [5.74, 6) is 0.534. The van der Waals surface area contributed by atoms with Crippen LogP contribution in [0.3, 0.4) is 0 Å². The molecule has 7 heteroatoms. The second-order valence-electron chi connectivity index (χ2n) is 7.93. The number of pyridine rings is 1. The van der Waals surface area contributed by atoms with E-state index in [4.69, 9.17) is 0 Å². The number of fused-ring (bicyclic) bond motifs is 4. The smallest absolute Gasteiger partial charge is 0.270 e. The van der Waals surface area contributed by atoms with Crippen molar-refractivity contribution in [1.29, 1.82) is 0 Å². The van der Waals surface area contributed by atoms with E-state index in [-0.39, 0.29) is 17.9 Å². The number of thiophene rings is 1. The van der Waals surface area contributed by atoms with E-state index in [1.54, 1.807) is 12.3 Å². The number of amides is 2. The van der Waals surface area contributed by atoms with E-state index < -0.39 is 0 Å². The van der Waals surface area contributed by atoms with E-state index in [0.29, 0.717) is 17.2 Å². The molecule has 2 aromatic heterocycles. The summed E-state index contributed by atoms with van der Waals surface area (Å²) in [6.45, 7) is 4.90. The average Bonchev–Trinajstić information content (AvgIpc) is 3.38. The molecule has 2 amide bonds. The van der Waals surface area contributed by atoms with Gasteiger partial charge in [-0.15, -0.1) is 11.3 Å². The van der Waals surface area contributed by atoms with E-state index in [0.717, 1.165) is 68.5 Å². The maximum atomic E-state index is 12.8. The SMILES string of the molecule is O=C(NC1CN2CCC1CC2)c1cc2c(C(=O)N3CCCC3)csc2cn1. The number of hydrogen-bond donors (Lipinski definition) is 1. The van der Waals surface area contributed by atoms with Gasteiger partial charge in [0.2, 0.25) is 0 Å². The highest BCUT2D eigenvalue weighted by atomic mass is 32.1. The van der Waals surface area contributed by atoms with Crippen LogP contribution in [0, 0.1) is 5.92 Å². The van der Waals surface area contributed by atoms with Crippen molar-refractivity contribution in [3.05, 3.63) is 28.9 Å². The summed E-state index contributed by atoms with van der Waals surface area (Å²) in [7, 11) is 0. The zero-order chi connectivity index (χ0) is 18.4. The van der Waals surface area contributed by atoms with E-state index in [9.17, 15) is 9.59 Å². The summed E-state index contributed by atoms with van der Waals surface area (Å²) in [6, 6.07) is 2.01. The molecule has 4 aliphatic rings. The molecule has 1 atom stereocenters. The summed E-state index contributed by atoms with van der Waals surface area (Å²) in [4.78, 5) is 34.3. The van der Waals surface area contributed by atoms with Gasteiger partial charge in [0, 0.05) is 42.6 Å². The van der Waals surface area contributed by atoms with Crippen molar-refractivity contribution in [2.45, 2.75) is 31.7 Å². The van der Waals surface area contributed by atoms with E-state index in [1.165, 1.54) is 11.3 Å². The molecule has 0 spiro atoms. The van der Waals surface area contributed by atoms with Crippen LogP contribution in [0.5, 0.6) is 0 Å². The first-order chi connectivity index (χ1) is 13.2. The molecule has 27 heavy (non-hydrogen) atoms. The van der Waals surface area contributed by atoms with Crippen molar-refractivity contribution >= 4 is 33.2 Å². The molecule has 4 fully saturated rings. The third kappa shape index (κ3) is 3.12. The van der Waals surface area contributed by atoms with Crippen molar-refractivity contribution in [3.63, 3.8) is 0 Å². The molecule has 0 radical (unpaired) electrons. The molecule has 1 N–H and O–H groups in total. The fraction of sp³-hybridized carbons (Fsp3) is 0.550. The second-order valence-corrected chi connectivity index (χ2v) is 8.84. The Labute approximate surface area is 162 Å². The van der Waals surface area contributed by atoms with Crippen LogP contribution in [0.4, 0.5) is 0 Å². The summed E-state index contributed by atoms with van der Waals surface area (Å²) in [5.41, 5.74) is 1.11. The number of nitrogens with one attached hydrogen (secondary N) is 1. The van der Waals surface area contributed by atoms with Gasteiger partial charge in [-0.25, -0.2) is 4.98 Å². The number of rotatable bonds is 3. The number of likely N-dealkylation sites (tertiary alicyclic amines) is 1. The van der Waals surface area contributed by atoms with Gasteiger partial charge < -0.3 is 15.1 Å². The molecule has 0 aromatic carbocycles. The lowest BCUT2D eigenvalue weighted by atomic mass is 9.84. The zero-order valence-corrected chi connectivity index (χ0v) is 16.1. The monoisotopic (exact) mass is 384 g/mol. The first-order valence-electron chi connectivity index (χ1n) is 9.89. The Morgan fingerprint density at radius 1 is 1.15 bits per heavy atom. The Kier molecular flexibility index (Phi) is 4.36. The van der Waals surface area contributed by atoms with Gasteiger partial charge in [0.1, 0.15) is 5.69 Å². The average molecular weight is 385 g/mol. The molecule has 2 aromatic rings. The van der Waals surface area contributed by atoms with Gasteiger partial charge in [-0.3, -0.25) is 9.59 Å².